The molecular weight excluding hydrogens is 586 g/mol. The summed E-state index contributed by atoms with van der Waals surface area (Å²) in [5.74, 6) is -0.822. The number of hydrogen-bond acceptors (Lipinski definition) is 9. The van der Waals surface area contributed by atoms with Crippen molar-refractivity contribution in [2.24, 2.45) is 0 Å². The molecule has 0 unspecified atom stereocenters. The van der Waals surface area contributed by atoms with Crippen molar-refractivity contribution in [1.82, 2.24) is 19.8 Å². The van der Waals surface area contributed by atoms with Crippen molar-refractivity contribution in [3.8, 4) is 5.75 Å². The van der Waals surface area contributed by atoms with Crippen LogP contribution >= 0.6 is 11.6 Å². The number of esters is 1. The van der Waals surface area contributed by atoms with E-state index >= 15 is 0 Å². The molecule has 1 aromatic carbocycles. The summed E-state index contributed by atoms with van der Waals surface area (Å²) in [6, 6.07) is 13.2. The number of ether oxygens (including phenoxy) is 1. The number of carbonyl (C=O) groups excluding carboxylic acids is 4. The SMILES string of the molecule is C=CC(=O)N1CC(N(C)C(=O)c2cccc(CNc3cc(C(C)(C)C)c(Cl)cc3O)n2)C1.COC(=O)c1cccc(C=O)n1. The summed E-state index contributed by atoms with van der Waals surface area (Å²) < 4.78 is 4.42. The number of aromatic hydroxyl groups is 1. The summed E-state index contributed by atoms with van der Waals surface area (Å²) >= 11 is 6.30. The second-order valence-electron chi connectivity index (χ2n) is 11.0. The fraction of sp³-hybridized carbons (Fsp3) is 0.312. The van der Waals surface area contributed by atoms with Gasteiger partial charge in [-0.1, -0.05) is 51.1 Å². The van der Waals surface area contributed by atoms with Crippen LogP contribution in [-0.2, 0) is 21.5 Å². The highest BCUT2D eigenvalue weighted by Gasteiger charge is 2.35. The zero-order valence-corrected chi connectivity index (χ0v) is 26.1. The van der Waals surface area contributed by atoms with Gasteiger partial charge in [0.15, 0.2) is 6.29 Å². The number of halogens is 1. The molecule has 11 nitrogen and oxygen atoms in total. The minimum absolute atomic E-state index is 0.0446. The number of rotatable bonds is 8. The number of likely N-dealkylation sites (N-methyl/N-ethyl adjacent to an activating group) is 1. The normalized spacial score (nSPS) is 12.6. The number of anilines is 1. The van der Waals surface area contributed by atoms with Crippen molar-refractivity contribution in [1.29, 1.82) is 0 Å². The van der Waals surface area contributed by atoms with Crippen LogP contribution in [0.5, 0.6) is 5.75 Å². The minimum Gasteiger partial charge on any atom is -0.506 e. The first-order valence-electron chi connectivity index (χ1n) is 13.7. The second-order valence-corrected chi connectivity index (χ2v) is 11.4. The van der Waals surface area contributed by atoms with Crippen molar-refractivity contribution in [2.45, 2.75) is 38.8 Å². The Labute approximate surface area is 261 Å². The van der Waals surface area contributed by atoms with Gasteiger partial charge in [-0.15, -0.1) is 0 Å². The van der Waals surface area contributed by atoms with Gasteiger partial charge in [0.2, 0.25) is 5.91 Å². The third-order valence-corrected chi connectivity index (χ3v) is 7.19. The van der Waals surface area contributed by atoms with Crippen molar-refractivity contribution in [3.63, 3.8) is 0 Å². The molecule has 1 aliphatic rings. The molecule has 12 heteroatoms. The molecule has 2 N–H and O–H groups in total. The van der Waals surface area contributed by atoms with Gasteiger partial charge >= 0.3 is 5.97 Å². The summed E-state index contributed by atoms with van der Waals surface area (Å²) in [6.07, 6.45) is 1.85. The molecule has 3 aromatic rings. The monoisotopic (exact) mass is 621 g/mol. The highest BCUT2D eigenvalue weighted by Crippen LogP contribution is 2.37. The number of phenolic OH excluding ortho intramolecular Hbond substituents is 1. The molecule has 2 aromatic heterocycles. The number of aromatic nitrogens is 2. The Bertz CT molecular complexity index is 1550. The Balaban J connectivity index is 0.000000369. The van der Waals surface area contributed by atoms with Crippen LogP contribution in [0.2, 0.25) is 5.02 Å². The van der Waals surface area contributed by atoms with Crippen LogP contribution in [0.4, 0.5) is 5.69 Å². The molecular formula is C32H36ClN5O6. The van der Waals surface area contributed by atoms with Crippen LogP contribution in [0, 0.1) is 0 Å². The zero-order valence-electron chi connectivity index (χ0n) is 25.3. The van der Waals surface area contributed by atoms with Crippen molar-refractivity contribution < 1.29 is 29.0 Å². The number of carbonyl (C=O) groups is 4. The fourth-order valence-corrected chi connectivity index (χ4v) is 4.69. The first kappa shape index (κ1) is 33.7. The van der Waals surface area contributed by atoms with Gasteiger partial charge in [0.05, 0.1) is 31.1 Å². The van der Waals surface area contributed by atoms with Crippen LogP contribution in [0.25, 0.3) is 0 Å². The van der Waals surface area contributed by atoms with Gasteiger partial charge in [-0.3, -0.25) is 14.4 Å². The molecule has 1 aliphatic heterocycles. The molecule has 1 fully saturated rings. The van der Waals surface area contributed by atoms with Crippen LogP contribution in [0.1, 0.15) is 63.5 Å². The molecule has 0 aliphatic carbocycles. The second kappa shape index (κ2) is 14.6. The van der Waals surface area contributed by atoms with Crippen LogP contribution in [0.3, 0.4) is 0 Å². The van der Waals surface area contributed by atoms with E-state index in [0.29, 0.717) is 48.0 Å². The predicted molar refractivity (Wildman–Crippen MR) is 167 cm³/mol. The summed E-state index contributed by atoms with van der Waals surface area (Å²) in [5.41, 5.74) is 2.65. The molecule has 44 heavy (non-hydrogen) atoms. The number of nitrogens with one attached hydrogen (secondary N) is 1. The fourth-order valence-electron chi connectivity index (χ4n) is 4.25. The molecule has 0 saturated carbocycles. The number of likely N-dealkylation sites (tertiary alicyclic amines) is 1. The van der Waals surface area contributed by atoms with E-state index in [-0.39, 0.29) is 40.4 Å². The van der Waals surface area contributed by atoms with E-state index in [2.05, 4.69) is 47.4 Å². The predicted octanol–water partition coefficient (Wildman–Crippen LogP) is 4.50. The number of methoxy groups -OCH3 is 1. The highest BCUT2D eigenvalue weighted by molar-refractivity contribution is 6.31. The molecule has 3 heterocycles. The molecule has 4 rings (SSSR count). The number of aldehydes is 1. The first-order valence-corrected chi connectivity index (χ1v) is 14.1. The van der Waals surface area contributed by atoms with E-state index in [9.17, 15) is 24.3 Å². The highest BCUT2D eigenvalue weighted by atomic mass is 35.5. The third kappa shape index (κ3) is 8.41. The van der Waals surface area contributed by atoms with Crippen LogP contribution in [0.15, 0.2) is 61.2 Å². The standard InChI is InChI=1S/C24H29ClN4O3.C8H7NO3/c1-6-22(31)29-13-16(14-29)28(5)23(32)19-9-7-8-15(27-19)12-26-20-10-17(24(2,3)4)18(25)11-21(20)30;1-12-8(11)7-4-2-3-6(5-10)9-7/h6-11,16,26,30H,1,12-14H2,2-5H3;2-5H,1H3. The van der Waals surface area contributed by atoms with Gasteiger partial charge in [-0.2, -0.15) is 0 Å². The number of amides is 2. The van der Waals surface area contributed by atoms with E-state index < -0.39 is 5.97 Å². The largest absolute Gasteiger partial charge is 0.506 e. The zero-order chi connectivity index (χ0) is 32.6. The maximum absolute atomic E-state index is 12.9. The lowest BCUT2D eigenvalue weighted by Crippen LogP contribution is -2.61. The van der Waals surface area contributed by atoms with E-state index in [1.54, 1.807) is 35.0 Å². The van der Waals surface area contributed by atoms with Crippen LogP contribution < -0.4 is 5.32 Å². The van der Waals surface area contributed by atoms with E-state index in [4.69, 9.17) is 11.6 Å². The Hall–Kier alpha value is -4.77. The average molecular weight is 622 g/mol. The molecule has 0 bridgehead atoms. The summed E-state index contributed by atoms with van der Waals surface area (Å²) in [6.45, 7) is 10.9. The van der Waals surface area contributed by atoms with Gasteiger partial charge < -0.3 is 25.0 Å². The molecule has 232 valence electrons. The van der Waals surface area contributed by atoms with Crippen molar-refractivity contribution in [3.05, 3.63) is 94.5 Å². The topological polar surface area (TPSA) is 142 Å². The maximum Gasteiger partial charge on any atom is 0.356 e. The lowest BCUT2D eigenvalue weighted by molar-refractivity contribution is -0.132. The lowest BCUT2D eigenvalue weighted by atomic mass is 9.86. The molecule has 1 saturated heterocycles. The average Bonchev–Trinajstić information content (AvgIpc) is 2.98. The number of hydrogen-bond donors (Lipinski definition) is 2. The minimum atomic E-state index is -0.543. The number of benzene rings is 1. The van der Waals surface area contributed by atoms with Gasteiger partial charge in [0, 0.05) is 31.2 Å². The van der Waals surface area contributed by atoms with Gasteiger partial charge in [0.1, 0.15) is 22.8 Å². The first-order chi connectivity index (χ1) is 20.8. The Morgan fingerprint density at radius 1 is 1.14 bits per heavy atom. The van der Waals surface area contributed by atoms with Crippen molar-refractivity contribution >= 4 is 41.4 Å². The summed E-state index contributed by atoms with van der Waals surface area (Å²) in [5, 5.41) is 14.0. The smallest absolute Gasteiger partial charge is 0.356 e. The van der Waals surface area contributed by atoms with Crippen molar-refractivity contribution in [2.75, 3.05) is 32.6 Å². The number of nitrogens with zero attached hydrogens (tertiary/aromatic N) is 4. The molecule has 0 radical (unpaired) electrons. The Kier molecular flexibility index (Phi) is 11.2. The number of phenols is 1. The summed E-state index contributed by atoms with van der Waals surface area (Å²) in [4.78, 5) is 57.1. The molecule has 2 amide bonds. The van der Waals surface area contributed by atoms with Crippen LogP contribution in [-0.4, -0.2) is 82.2 Å². The van der Waals surface area contributed by atoms with Gasteiger partial charge in [0.25, 0.3) is 5.91 Å². The summed E-state index contributed by atoms with van der Waals surface area (Å²) in [7, 11) is 2.98. The lowest BCUT2D eigenvalue weighted by Gasteiger charge is -2.43. The van der Waals surface area contributed by atoms with Gasteiger partial charge in [-0.25, -0.2) is 14.8 Å². The Morgan fingerprint density at radius 2 is 1.80 bits per heavy atom. The number of pyridine rings is 2. The van der Waals surface area contributed by atoms with E-state index in [1.807, 2.05) is 12.1 Å². The molecule has 0 spiro atoms. The quantitative estimate of drug-likeness (QED) is 0.161. The van der Waals surface area contributed by atoms with E-state index in [1.165, 1.54) is 31.4 Å². The van der Waals surface area contributed by atoms with E-state index in [0.717, 1.165) is 5.56 Å². The third-order valence-electron chi connectivity index (χ3n) is 6.88. The molecule has 0 atom stereocenters. The van der Waals surface area contributed by atoms with Gasteiger partial charge in [-0.05, 0) is 47.4 Å². The Morgan fingerprint density at radius 3 is 2.41 bits per heavy atom. The maximum atomic E-state index is 12.9.